The summed E-state index contributed by atoms with van der Waals surface area (Å²) in [5.74, 6) is 0.472. The molecule has 7 aromatic rings. The van der Waals surface area contributed by atoms with Crippen molar-refractivity contribution < 1.29 is 20.1 Å². The molecule has 0 atom stereocenters. The summed E-state index contributed by atoms with van der Waals surface area (Å²) in [6, 6.07) is 52.6. The van der Waals surface area contributed by atoms with Gasteiger partial charge in [0.2, 0.25) is 0 Å². The van der Waals surface area contributed by atoms with Gasteiger partial charge in [-0.2, -0.15) is 0 Å². The lowest BCUT2D eigenvalue weighted by molar-refractivity contribution is 0.112. The van der Waals surface area contributed by atoms with Crippen LogP contribution in [0.25, 0.3) is 0 Å². The average molecular weight is 727 g/mol. The van der Waals surface area contributed by atoms with Crippen LogP contribution in [0.5, 0.6) is 17.2 Å². The Balaban J connectivity index is 0.000000198. The van der Waals surface area contributed by atoms with Crippen LogP contribution in [0.4, 0.5) is 22.7 Å². The molecule has 0 aromatic heterocycles. The Kier molecular flexibility index (Phi) is 14.1. The molecular weight excluding hydrogens is 685 g/mol. The minimum Gasteiger partial charge on any atom is -0.507 e. The van der Waals surface area contributed by atoms with Gasteiger partial charge in [-0.25, -0.2) is 0 Å². The van der Waals surface area contributed by atoms with Gasteiger partial charge in [-0.3, -0.25) is 14.8 Å². The number of aliphatic imine (C=N–C) groups is 2. The molecule has 0 radical (unpaired) electrons. The van der Waals surface area contributed by atoms with Gasteiger partial charge < -0.3 is 26.8 Å². The first kappa shape index (κ1) is 38.8. The lowest BCUT2D eigenvalue weighted by Gasteiger charge is -2.04. The zero-order chi connectivity index (χ0) is 38.8. The van der Waals surface area contributed by atoms with Crippen LogP contribution in [0.3, 0.4) is 0 Å². The monoisotopic (exact) mass is 726 g/mol. The van der Waals surface area contributed by atoms with Crippen molar-refractivity contribution in [2.45, 2.75) is 12.8 Å². The van der Waals surface area contributed by atoms with Crippen LogP contribution < -0.4 is 11.5 Å². The van der Waals surface area contributed by atoms with E-state index in [-0.39, 0.29) is 17.2 Å². The van der Waals surface area contributed by atoms with Crippen LogP contribution in [0.2, 0.25) is 0 Å². The molecule has 0 saturated carbocycles. The summed E-state index contributed by atoms with van der Waals surface area (Å²) in [7, 11) is 0. The summed E-state index contributed by atoms with van der Waals surface area (Å²) in [5.41, 5.74) is 21.1. The van der Waals surface area contributed by atoms with Crippen molar-refractivity contribution in [2.75, 3.05) is 11.5 Å². The van der Waals surface area contributed by atoms with Gasteiger partial charge in [-0.05, 0) is 120 Å². The van der Waals surface area contributed by atoms with Crippen molar-refractivity contribution in [1.29, 1.82) is 0 Å². The van der Waals surface area contributed by atoms with Gasteiger partial charge in [-0.15, -0.1) is 0 Å². The van der Waals surface area contributed by atoms with Gasteiger partial charge in [0.05, 0.1) is 16.9 Å². The molecule has 8 heteroatoms. The van der Waals surface area contributed by atoms with E-state index in [9.17, 15) is 15.0 Å². The molecule has 274 valence electrons. The third-order valence-corrected chi connectivity index (χ3v) is 8.29. The SMILES string of the molecule is Nc1ccc(Cc2ccc(N)cc2)cc1.O=Cc1ccccc1O.Oc1ccccc1C=Nc1ccc(Cc2ccc(N=Cc3ccccc3O)cc2)cc1. The topological polar surface area (TPSA) is 155 Å². The van der Waals surface area contributed by atoms with E-state index >= 15 is 0 Å². The number of phenolic OH excluding ortho intramolecular Hbond substituents is 3. The highest BCUT2D eigenvalue weighted by atomic mass is 16.3. The molecular formula is C47H42N4O4. The number of nitrogens with zero attached hydrogens (tertiary/aromatic N) is 2. The molecule has 0 heterocycles. The molecule has 0 saturated heterocycles. The maximum absolute atomic E-state index is 10.1. The number of hydrogen-bond donors (Lipinski definition) is 5. The first-order valence-electron chi connectivity index (χ1n) is 17.5. The molecule has 7 aromatic carbocycles. The van der Waals surface area contributed by atoms with Crippen molar-refractivity contribution in [3.63, 3.8) is 0 Å². The van der Waals surface area contributed by atoms with E-state index in [0.29, 0.717) is 23.0 Å². The van der Waals surface area contributed by atoms with E-state index in [1.807, 2.05) is 97.1 Å². The highest BCUT2D eigenvalue weighted by Gasteiger charge is 2.01. The van der Waals surface area contributed by atoms with E-state index in [4.69, 9.17) is 16.6 Å². The van der Waals surface area contributed by atoms with Crippen molar-refractivity contribution >= 4 is 41.5 Å². The molecule has 0 amide bonds. The number of rotatable bonds is 9. The Morgan fingerprint density at radius 1 is 0.400 bits per heavy atom. The van der Waals surface area contributed by atoms with Crippen molar-refractivity contribution in [2.24, 2.45) is 9.98 Å². The highest BCUT2D eigenvalue weighted by Crippen LogP contribution is 2.21. The molecule has 7 N–H and O–H groups in total. The molecule has 0 aliphatic rings. The van der Waals surface area contributed by atoms with E-state index in [2.05, 4.69) is 34.3 Å². The number of phenols is 3. The Morgan fingerprint density at radius 2 is 0.691 bits per heavy atom. The van der Waals surface area contributed by atoms with Crippen LogP contribution in [0.15, 0.2) is 180 Å². The van der Waals surface area contributed by atoms with Crippen LogP contribution in [0, 0.1) is 0 Å². The number of carbonyl (C=O) groups excluding carboxylic acids is 1. The summed E-state index contributed by atoms with van der Waals surface area (Å²) < 4.78 is 0. The Bertz CT molecular complexity index is 2180. The fourth-order valence-electron chi connectivity index (χ4n) is 5.21. The van der Waals surface area contributed by atoms with Crippen LogP contribution >= 0.6 is 0 Å². The zero-order valence-electron chi connectivity index (χ0n) is 30.1. The van der Waals surface area contributed by atoms with Gasteiger partial charge >= 0.3 is 0 Å². The van der Waals surface area contributed by atoms with E-state index in [1.54, 1.807) is 54.9 Å². The summed E-state index contributed by atoms with van der Waals surface area (Å²) in [6.45, 7) is 0. The standard InChI is InChI=1S/C27H22N2O2.C13H14N2.C7H6O2/c30-26-7-3-1-5-22(26)18-28-24-13-9-20(10-14-24)17-21-11-15-25(16-12-21)29-19-23-6-2-4-8-27(23)31;14-12-5-1-10(2-6-12)9-11-3-7-13(15)8-4-11;8-5-6-3-1-2-4-7(6)9/h1-16,18-19,30-31H,17H2;1-8H,9,14-15H2;1-5,9H. The number of nitrogens with two attached hydrogens (primary N) is 2. The number of aldehydes is 1. The average Bonchev–Trinajstić information content (AvgIpc) is 3.21. The predicted octanol–water partition coefficient (Wildman–Crippen LogP) is 9.84. The Hall–Kier alpha value is -7.45. The molecule has 55 heavy (non-hydrogen) atoms. The zero-order valence-corrected chi connectivity index (χ0v) is 30.1. The fourth-order valence-corrected chi connectivity index (χ4v) is 5.21. The normalized spacial score (nSPS) is 10.6. The molecule has 0 unspecified atom stereocenters. The molecule has 0 aliphatic heterocycles. The second-order valence-corrected chi connectivity index (χ2v) is 12.5. The minimum atomic E-state index is 0.0347. The smallest absolute Gasteiger partial charge is 0.153 e. The summed E-state index contributed by atoms with van der Waals surface area (Å²) in [6.07, 6.45) is 5.68. The second-order valence-electron chi connectivity index (χ2n) is 12.5. The third kappa shape index (κ3) is 12.6. The maximum Gasteiger partial charge on any atom is 0.153 e. The van der Waals surface area contributed by atoms with Gasteiger partial charge in [-0.1, -0.05) is 84.9 Å². The number of carbonyl (C=O) groups is 1. The van der Waals surface area contributed by atoms with Gasteiger partial charge in [0.1, 0.15) is 17.2 Å². The number of para-hydroxylation sites is 3. The Morgan fingerprint density at radius 3 is 0.982 bits per heavy atom. The summed E-state index contributed by atoms with van der Waals surface area (Å²) in [4.78, 5) is 18.9. The van der Waals surface area contributed by atoms with Crippen LogP contribution in [-0.2, 0) is 12.8 Å². The lowest BCUT2D eigenvalue weighted by atomic mass is 10.0. The quantitative estimate of drug-likeness (QED) is 0.0567. The van der Waals surface area contributed by atoms with Crippen LogP contribution in [-0.4, -0.2) is 34.0 Å². The first-order valence-corrected chi connectivity index (χ1v) is 17.5. The maximum atomic E-state index is 10.1. The highest BCUT2D eigenvalue weighted by molar-refractivity contribution is 5.86. The third-order valence-electron chi connectivity index (χ3n) is 8.29. The predicted molar refractivity (Wildman–Crippen MR) is 224 cm³/mol. The van der Waals surface area contributed by atoms with Crippen LogP contribution in [0.1, 0.15) is 43.7 Å². The van der Waals surface area contributed by atoms with Crippen molar-refractivity contribution in [1.82, 2.24) is 0 Å². The van der Waals surface area contributed by atoms with Gasteiger partial charge in [0.25, 0.3) is 0 Å². The van der Waals surface area contributed by atoms with E-state index in [1.165, 1.54) is 28.3 Å². The second kappa shape index (κ2) is 20.0. The molecule has 0 bridgehead atoms. The van der Waals surface area contributed by atoms with Crippen molar-refractivity contribution in [3.05, 3.63) is 209 Å². The van der Waals surface area contributed by atoms with Gasteiger partial charge in [0.15, 0.2) is 6.29 Å². The summed E-state index contributed by atoms with van der Waals surface area (Å²) >= 11 is 0. The first-order chi connectivity index (χ1) is 26.7. The van der Waals surface area contributed by atoms with Gasteiger partial charge in [0, 0.05) is 34.9 Å². The molecule has 8 nitrogen and oxygen atoms in total. The molecule has 0 aliphatic carbocycles. The number of benzene rings is 7. The molecule has 0 fully saturated rings. The minimum absolute atomic E-state index is 0.0347. The molecule has 0 spiro atoms. The number of aromatic hydroxyl groups is 3. The number of nitrogen functional groups attached to an aromatic ring is 2. The molecule has 7 rings (SSSR count). The Labute approximate surface area is 321 Å². The fraction of sp³-hybridized carbons (Fsp3) is 0.0426. The largest absolute Gasteiger partial charge is 0.507 e. The number of hydrogen-bond acceptors (Lipinski definition) is 8. The van der Waals surface area contributed by atoms with E-state index < -0.39 is 0 Å². The van der Waals surface area contributed by atoms with Crippen molar-refractivity contribution in [3.8, 4) is 17.2 Å². The number of anilines is 2. The van der Waals surface area contributed by atoms with E-state index in [0.717, 1.165) is 35.6 Å². The summed E-state index contributed by atoms with van der Waals surface area (Å²) in [5, 5.41) is 28.5. The lowest BCUT2D eigenvalue weighted by Crippen LogP contribution is -1.90.